The summed E-state index contributed by atoms with van der Waals surface area (Å²) < 4.78 is 0. The van der Waals surface area contributed by atoms with E-state index in [0.29, 0.717) is 17.8 Å². The zero-order valence-corrected chi connectivity index (χ0v) is 18.5. The van der Waals surface area contributed by atoms with Gasteiger partial charge in [0.1, 0.15) is 5.82 Å². The predicted molar refractivity (Wildman–Crippen MR) is 127 cm³/mol. The second kappa shape index (κ2) is 9.09. The molecular formula is C26H29N5O. The highest BCUT2D eigenvalue weighted by Crippen LogP contribution is 2.35. The molecule has 0 bridgehead atoms. The van der Waals surface area contributed by atoms with Crippen LogP contribution < -0.4 is 10.2 Å². The SMILES string of the molecule is CNc1nc(N2CCN(Cc3ccccc3)CC2)nc2c1C(=O)C[C@H](c1ccccc1)C2. The molecular weight excluding hydrogens is 398 g/mol. The highest BCUT2D eigenvalue weighted by Gasteiger charge is 2.32. The van der Waals surface area contributed by atoms with E-state index >= 15 is 0 Å². The first-order valence-electron chi connectivity index (χ1n) is 11.4. The molecule has 164 valence electrons. The van der Waals surface area contributed by atoms with Gasteiger partial charge in [0.15, 0.2) is 5.78 Å². The van der Waals surface area contributed by atoms with Crippen LogP contribution in [-0.4, -0.2) is 53.9 Å². The van der Waals surface area contributed by atoms with Gasteiger partial charge >= 0.3 is 0 Å². The van der Waals surface area contributed by atoms with Crippen LogP contribution in [0.3, 0.4) is 0 Å². The number of hydrogen-bond acceptors (Lipinski definition) is 6. The average Bonchev–Trinajstić information content (AvgIpc) is 2.85. The molecule has 1 aliphatic heterocycles. The Morgan fingerprint density at radius 2 is 1.59 bits per heavy atom. The van der Waals surface area contributed by atoms with Crippen molar-refractivity contribution in [3.8, 4) is 0 Å². The van der Waals surface area contributed by atoms with Gasteiger partial charge in [0.25, 0.3) is 0 Å². The van der Waals surface area contributed by atoms with Crippen LogP contribution in [0.15, 0.2) is 60.7 Å². The van der Waals surface area contributed by atoms with E-state index in [9.17, 15) is 4.79 Å². The molecule has 32 heavy (non-hydrogen) atoms. The summed E-state index contributed by atoms with van der Waals surface area (Å²) in [6.45, 7) is 4.66. The van der Waals surface area contributed by atoms with Gasteiger partial charge in [0.2, 0.25) is 5.95 Å². The molecule has 1 aliphatic carbocycles. The van der Waals surface area contributed by atoms with Crippen LogP contribution in [0.5, 0.6) is 0 Å². The molecule has 1 saturated heterocycles. The fourth-order valence-electron chi connectivity index (χ4n) is 4.80. The third-order valence-electron chi connectivity index (χ3n) is 6.53. The minimum absolute atomic E-state index is 0.128. The zero-order chi connectivity index (χ0) is 21.9. The number of ketones is 1. The molecule has 2 aliphatic rings. The third-order valence-corrected chi connectivity index (χ3v) is 6.53. The zero-order valence-electron chi connectivity index (χ0n) is 18.5. The van der Waals surface area contributed by atoms with Crippen molar-refractivity contribution >= 4 is 17.5 Å². The average molecular weight is 428 g/mol. The van der Waals surface area contributed by atoms with E-state index in [1.807, 2.05) is 25.2 Å². The molecule has 0 spiro atoms. The largest absolute Gasteiger partial charge is 0.372 e. The fraction of sp³-hybridized carbons (Fsp3) is 0.346. The second-order valence-corrected chi connectivity index (χ2v) is 8.63. The Balaban J connectivity index is 1.34. The molecule has 5 rings (SSSR count). The van der Waals surface area contributed by atoms with E-state index in [0.717, 1.165) is 50.8 Å². The molecule has 6 nitrogen and oxygen atoms in total. The van der Waals surface area contributed by atoms with Crippen molar-refractivity contribution in [2.75, 3.05) is 43.4 Å². The highest BCUT2D eigenvalue weighted by molar-refractivity contribution is 6.03. The van der Waals surface area contributed by atoms with Crippen LogP contribution >= 0.6 is 0 Å². The van der Waals surface area contributed by atoms with E-state index in [-0.39, 0.29) is 11.7 Å². The van der Waals surface area contributed by atoms with Crippen molar-refractivity contribution in [1.82, 2.24) is 14.9 Å². The molecule has 6 heteroatoms. The summed E-state index contributed by atoms with van der Waals surface area (Å²) in [5.74, 6) is 1.69. The second-order valence-electron chi connectivity index (χ2n) is 8.63. The van der Waals surface area contributed by atoms with Crippen molar-refractivity contribution in [2.45, 2.75) is 25.3 Å². The molecule has 1 N–H and O–H groups in total. The van der Waals surface area contributed by atoms with E-state index in [1.165, 1.54) is 11.1 Å². The van der Waals surface area contributed by atoms with Crippen molar-refractivity contribution < 1.29 is 4.79 Å². The summed E-state index contributed by atoms with van der Waals surface area (Å²) in [4.78, 5) is 27.4. The van der Waals surface area contributed by atoms with Crippen molar-refractivity contribution in [3.63, 3.8) is 0 Å². The first-order chi connectivity index (χ1) is 15.7. The molecule has 0 unspecified atom stereocenters. The van der Waals surface area contributed by atoms with Gasteiger partial charge in [-0.25, -0.2) is 4.98 Å². The molecule has 2 heterocycles. The smallest absolute Gasteiger partial charge is 0.227 e. The molecule has 0 saturated carbocycles. The molecule has 1 aromatic heterocycles. The van der Waals surface area contributed by atoms with E-state index < -0.39 is 0 Å². The fourth-order valence-corrected chi connectivity index (χ4v) is 4.80. The Morgan fingerprint density at radius 3 is 2.28 bits per heavy atom. The van der Waals surface area contributed by atoms with Crippen molar-refractivity contribution in [3.05, 3.63) is 83.0 Å². The normalized spacial score (nSPS) is 19.0. The van der Waals surface area contributed by atoms with Crippen molar-refractivity contribution in [1.29, 1.82) is 0 Å². The van der Waals surface area contributed by atoms with Gasteiger partial charge in [-0.2, -0.15) is 4.98 Å². The maximum absolute atomic E-state index is 13.0. The number of anilines is 2. The summed E-state index contributed by atoms with van der Waals surface area (Å²) in [6, 6.07) is 20.9. The van der Waals surface area contributed by atoms with E-state index in [1.54, 1.807) is 0 Å². The lowest BCUT2D eigenvalue weighted by Crippen LogP contribution is -2.46. The number of nitrogens with one attached hydrogen (secondary N) is 1. The lowest BCUT2D eigenvalue weighted by Gasteiger charge is -2.35. The Labute approximate surface area is 189 Å². The lowest BCUT2D eigenvalue weighted by atomic mass is 9.82. The summed E-state index contributed by atoms with van der Waals surface area (Å²) >= 11 is 0. The molecule has 3 aromatic rings. The summed E-state index contributed by atoms with van der Waals surface area (Å²) in [7, 11) is 1.83. The van der Waals surface area contributed by atoms with Crippen LogP contribution in [-0.2, 0) is 13.0 Å². The van der Waals surface area contributed by atoms with E-state index in [4.69, 9.17) is 9.97 Å². The molecule has 2 aromatic carbocycles. The number of hydrogen-bond donors (Lipinski definition) is 1. The summed E-state index contributed by atoms with van der Waals surface area (Å²) in [6.07, 6.45) is 1.27. The summed E-state index contributed by atoms with van der Waals surface area (Å²) in [5.41, 5.74) is 4.09. The Hall–Kier alpha value is -3.25. The van der Waals surface area contributed by atoms with Gasteiger partial charge in [-0.05, 0) is 23.5 Å². The number of piperazine rings is 1. The van der Waals surface area contributed by atoms with E-state index in [2.05, 4.69) is 57.6 Å². The monoisotopic (exact) mass is 427 g/mol. The van der Waals surface area contributed by atoms with Crippen LogP contribution in [0.2, 0.25) is 0 Å². The van der Waals surface area contributed by atoms with Crippen LogP contribution in [0.25, 0.3) is 0 Å². The maximum atomic E-state index is 13.0. The molecule has 1 atom stereocenters. The van der Waals surface area contributed by atoms with Crippen molar-refractivity contribution in [2.24, 2.45) is 0 Å². The quantitative estimate of drug-likeness (QED) is 0.669. The van der Waals surface area contributed by atoms with Gasteiger partial charge in [0, 0.05) is 46.2 Å². The number of carbonyl (C=O) groups excluding carboxylic acids is 1. The topological polar surface area (TPSA) is 61.4 Å². The number of carbonyl (C=O) groups is 1. The number of benzene rings is 2. The maximum Gasteiger partial charge on any atom is 0.227 e. The minimum Gasteiger partial charge on any atom is -0.372 e. The predicted octanol–water partition coefficient (Wildman–Crippen LogP) is 3.75. The van der Waals surface area contributed by atoms with Gasteiger partial charge in [-0.1, -0.05) is 60.7 Å². The standard InChI is InChI=1S/C26H29N5O/c1-27-25-24-22(16-21(17-23(24)32)20-10-6-3-7-11-20)28-26(29-25)31-14-12-30(13-15-31)18-19-8-4-2-5-9-19/h2-11,21H,12-18H2,1H3,(H,27,28,29)/t21-/m1/s1. The summed E-state index contributed by atoms with van der Waals surface area (Å²) in [5, 5.41) is 3.15. The molecule has 0 amide bonds. The minimum atomic E-state index is 0.128. The molecule has 0 radical (unpaired) electrons. The first kappa shape index (κ1) is 20.6. The number of nitrogens with zero attached hydrogens (tertiary/aromatic N) is 4. The molecule has 1 fully saturated rings. The van der Waals surface area contributed by atoms with Gasteiger partial charge < -0.3 is 10.2 Å². The van der Waals surface area contributed by atoms with Gasteiger partial charge in [-0.15, -0.1) is 0 Å². The van der Waals surface area contributed by atoms with Gasteiger partial charge in [0.05, 0.1) is 11.3 Å². The van der Waals surface area contributed by atoms with Crippen LogP contribution in [0.4, 0.5) is 11.8 Å². The Morgan fingerprint density at radius 1 is 0.906 bits per heavy atom. The number of fused-ring (bicyclic) bond motifs is 1. The van der Waals surface area contributed by atoms with Crippen LogP contribution in [0.1, 0.15) is 39.5 Å². The number of aromatic nitrogens is 2. The third kappa shape index (κ3) is 4.23. The number of Topliss-reactive ketones (excluding diaryl/α,β-unsaturated/α-hetero) is 1. The Bertz CT molecular complexity index is 1080. The highest BCUT2D eigenvalue weighted by atomic mass is 16.1. The van der Waals surface area contributed by atoms with Crippen LogP contribution in [0, 0.1) is 0 Å². The lowest BCUT2D eigenvalue weighted by molar-refractivity contribution is 0.0963. The Kier molecular flexibility index (Phi) is 5.86. The first-order valence-corrected chi connectivity index (χ1v) is 11.4. The van der Waals surface area contributed by atoms with Gasteiger partial charge in [-0.3, -0.25) is 9.69 Å². The number of rotatable bonds is 5.